The molecule has 0 bridgehead atoms. The lowest BCUT2D eigenvalue weighted by Crippen LogP contribution is -2.18. The maximum Gasteiger partial charge on any atom is -0.0227 e. The third kappa shape index (κ3) is 1.74. The zero-order valence-electron chi connectivity index (χ0n) is 8.12. The summed E-state index contributed by atoms with van der Waals surface area (Å²) < 4.78 is 0. The molecule has 0 heteroatoms. The first kappa shape index (κ1) is 8.58. The molecule has 0 heterocycles. The van der Waals surface area contributed by atoms with Gasteiger partial charge < -0.3 is 0 Å². The molecule has 0 unspecified atom stereocenters. The van der Waals surface area contributed by atoms with Crippen LogP contribution in [0.25, 0.3) is 0 Å². The summed E-state index contributed by atoms with van der Waals surface area (Å²) >= 11 is 0. The monoisotopic (exact) mass is 150 g/mol. The minimum absolute atomic E-state index is 0.445. The van der Waals surface area contributed by atoms with Crippen LogP contribution >= 0.6 is 0 Å². The number of hydrogen-bond acceptors (Lipinski definition) is 0. The number of hydrogen-bond donors (Lipinski definition) is 0. The quantitative estimate of drug-likeness (QED) is 0.494. The Hall–Kier alpha value is -0.520. The summed E-state index contributed by atoms with van der Waals surface area (Å²) in [6, 6.07) is 0. The van der Waals surface area contributed by atoms with Crippen molar-refractivity contribution in [1.29, 1.82) is 0 Å². The molecule has 0 N–H and O–H groups in total. The largest absolute Gasteiger partial charge is 0.0955 e. The summed E-state index contributed by atoms with van der Waals surface area (Å²) in [6.07, 6.45) is 2.40. The molecule has 0 aromatic rings. The van der Waals surface area contributed by atoms with Gasteiger partial charge in [-0.05, 0) is 37.7 Å². The van der Waals surface area contributed by atoms with Gasteiger partial charge in [0.2, 0.25) is 0 Å². The fourth-order valence-corrected chi connectivity index (χ4v) is 1.92. The van der Waals surface area contributed by atoms with Crippen LogP contribution in [0.1, 0.15) is 40.5 Å². The minimum atomic E-state index is 0.445. The second-order valence-electron chi connectivity index (χ2n) is 4.53. The molecule has 0 spiro atoms. The van der Waals surface area contributed by atoms with Crippen LogP contribution in [0.3, 0.4) is 0 Å². The standard InChI is InChI=1S/C11H18/c1-8-6-11(4,5)7-9(2)10(8)3/h1,6-7H2,2-5H3. The van der Waals surface area contributed by atoms with Crippen LogP contribution in [0, 0.1) is 5.41 Å². The van der Waals surface area contributed by atoms with Crippen molar-refractivity contribution in [3.63, 3.8) is 0 Å². The second kappa shape index (κ2) is 2.51. The van der Waals surface area contributed by atoms with Crippen molar-refractivity contribution < 1.29 is 0 Å². The molecular formula is C11H18. The Bertz CT molecular complexity index is 216. The SMILES string of the molecule is C=C1CC(C)(C)CC(C)=C1C. The first-order chi connectivity index (χ1) is 4.92. The molecule has 0 aromatic carbocycles. The lowest BCUT2D eigenvalue weighted by Gasteiger charge is -2.32. The van der Waals surface area contributed by atoms with Gasteiger partial charge in [-0.3, -0.25) is 0 Å². The van der Waals surface area contributed by atoms with Crippen LogP contribution in [0.4, 0.5) is 0 Å². The van der Waals surface area contributed by atoms with E-state index in [0.717, 1.165) is 6.42 Å². The van der Waals surface area contributed by atoms with Gasteiger partial charge in [0, 0.05) is 0 Å². The van der Waals surface area contributed by atoms with Crippen LogP contribution in [0.15, 0.2) is 23.3 Å². The second-order valence-corrected chi connectivity index (χ2v) is 4.53. The van der Waals surface area contributed by atoms with Crippen LogP contribution in [0.2, 0.25) is 0 Å². The third-order valence-electron chi connectivity index (χ3n) is 2.61. The molecule has 0 aliphatic heterocycles. The highest BCUT2D eigenvalue weighted by Crippen LogP contribution is 2.40. The zero-order valence-corrected chi connectivity index (χ0v) is 8.12. The van der Waals surface area contributed by atoms with Crippen molar-refractivity contribution in [2.45, 2.75) is 40.5 Å². The van der Waals surface area contributed by atoms with Gasteiger partial charge in [0.25, 0.3) is 0 Å². The summed E-state index contributed by atoms with van der Waals surface area (Å²) in [5.41, 5.74) is 4.73. The van der Waals surface area contributed by atoms with E-state index < -0.39 is 0 Å². The normalized spacial score (nSPS) is 24.2. The average molecular weight is 150 g/mol. The fourth-order valence-electron chi connectivity index (χ4n) is 1.92. The van der Waals surface area contributed by atoms with Crippen LogP contribution in [0.5, 0.6) is 0 Å². The van der Waals surface area contributed by atoms with Crippen molar-refractivity contribution in [3.8, 4) is 0 Å². The lowest BCUT2D eigenvalue weighted by atomic mass is 9.73. The Morgan fingerprint density at radius 2 is 1.73 bits per heavy atom. The lowest BCUT2D eigenvalue weighted by molar-refractivity contribution is 0.348. The predicted octanol–water partition coefficient (Wildman–Crippen LogP) is 3.70. The Morgan fingerprint density at radius 1 is 1.18 bits per heavy atom. The van der Waals surface area contributed by atoms with E-state index in [0.29, 0.717) is 5.41 Å². The number of rotatable bonds is 0. The molecular weight excluding hydrogens is 132 g/mol. The molecule has 0 saturated carbocycles. The van der Waals surface area contributed by atoms with E-state index in [1.807, 2.05) is 0 Å². The van der Waals surface area contributed by atoms with Gasteiger partial charge in [-0.25, -0.2) is 0 Å². The Kier molecular flexibility index (Phi) is 1.96. The van der Waals surface area contributed by atoms with E-state index in [2.05, 4.69) is 34.3 Å². The molecule has 0 atom stereocenters. The molecule has 0 fully saturated rings. The third-order valence-corrected chi connectivity index (χ3v) is 2.61. The summed E-state index contributed by atoms with van der Waals surface area (Å²) in [4.78, 5) is 0. The van der Waals surface area contributed by atoms with Crippen molar-refractivity contribution in [1.82, 2.24) is 0 Å². The topological polar surface area (TPSA) is 0 Å². The maximum atomic E-state index is 4.08. The van der Waals surface area contributed by atoms with Crippen LogP contribution in [-0.4, -0.2) is 0 Å². The van der Waals surface area contributed by atoms with Gasteiger partial charge in [0.15, 0.2) is 0 Å². The summed E-state index contributed by atoms with van der Waals surface area (Å²) in [7, 11) is 0. The first-order valence-corrected chi connectivity index (χ1v) is 4.27. The van der Waals surface area contributed by atoms with Crippen molar-refractivity contribution in [3.05, 3.63) is 23.3 Å². The number of allylic oxidation sites excluding steroid dienone is 3. The molecule has 11 heavy (non-hydrogen) atoms. The summed E-state index contributed by atoms with van der Waals surface area (Å²) in [5, 5.41) is 0. The van der Waals surface area contributed by atoms with Gasteiger partial charge in [-0.1, -0.05) is 31.6 Å². The highest BCUT2D eigenvalue weighted by molar-refractivity contribution is 5.35. The van der Waals surface area contributed by atoms with E-state index in [1.54, 1.807) is 0 Å². The van der Waals surface area contributed by atoms with Gasteiger partial charge >= 0.3 is 0 Å². The highest BCUT2D eigenvalue weighted by Gasteiger charge is 2.25. The maximum absolute atomic E-state index is 4.08. The Labute approximate surface area is 70.0 Å². The van der Waals surface area contributed by atoms with Gasteiger partial charge in [-0.2, -0.15) is 0 Å². The van der Waals surface area contributed by atoms with E-state index in [4.69, 9.17) is 0 Å². The molecule has 62 valence electrons. The molecule has 0 radical (unpaired) electrons. The van der Waals surface area contributed by atoms with Gasteiger partial charge in [-0.15, -0.1) is 0 Å². The van der Waals surface area contributed by atoms with E-state index in [-0.39, 0.29) is 0 Å². The molecule has 0 nitrogen and oxygen atoms in total. The van der Waals surface area contributed by atoms with Crippen LogP contribution < -0.4 is 0 Å². The summed E-state index contributed by atoms with van der Waals surface area (Å²) in [6.45, 7) is 13.1. The van der Waals surface area contributed by atoms with Gasteiger partial charge in [0.1, 0.15) is 0 Å². The zero-order chi connectivity index (χ0) is 8.65. The highest BCUT2D eigenvalue weighted by atomic mass is 14.3. The molecule has 1 rings (SSSR count). The summed E-state index contributed by atoms with van der Waals surface area (Å²) in [5.74, 6) is 0. The smallest absolute Gasteiger partial charge is 0.0227 e. The van der Waals surface area contributed by atoms with E-state index >= 15 is 0 Å². The van der Waals surface area contributed by atoms with Crippen molar-refractivity contribution in [2.24, 2.45) is 5.41 Å². The van der Waals surface area contributed by atoms with Crippen molar-refractivity contribution in [2.75, 3.05) is 0 Å². The van der Waals surface area contributed by atoms with Gasteiger partial charge in [0.05, 0.1) is 0 Å². The average Bonchev–Trinajstić information content (AvgIpc) is 1.81. The predicted molar refractivity (Wildman–Crippen MR) is 50.5 cm³/mol. The molecule has 1 aliphatic rings. The fraction of sp³-hybridized carbons (Fsp3) is 0.636. The molecule has 0 saturated heterocycles. The van der Waals surface area contributed by atoms with Crippen molar-refractivity contribution >= 4 is 0 Å². The van der Waals surface area contributed by atoms with Crippen LogP contribution in [-0.2, 0) is 0 Å². The van der Waals surface area contributed by atoms with E-state index in [9.17, 15) is 0 Å². The Balaban J connectivity index is 2.94. The molecule has 1 aliphatic carbocycles. The molecule has 0 aromatic heterocycles. The first-order valence-electron chi connectivity index (χ1n) is 4.27. The minimum Gasteiger partial charge on any atom is -0.0955 e. The Morgan fingerprint density at radius 3 is 2.18 bits per heavy atom. The van der Waals surface area contributed by atoms with E-state index in [1.165, 1.54) is 23.1 Å². The molecule has 0 amide bonds.